The van der Waals surface area contributed by atoms with Gasteiger partial charge >= 0.3 is 0 Å². The summed E-state index contributed by atoms with van der Waals surface area (Å²) in [7, 11) is -1.70. The fraction of sp³-hybridized carbons (Fsp3) is 0.381. The van der Waals surface area contributed by atoms with Crippen LogP contribution in [0, 0.1) is 0 Å². The number of thiazole rings is 1. The number of pyridine rings is 1. The first-order valence-corrected chi connectivity index (χ1v) is 13.2. The predicted molar refractivity (Wildman–Crippen MR) is 132 cm³/mol. The lowest BCUT2D eigenvalue weighted by molar-refractivity contribution is -0.119. The quantitative estimate of drug-likeness (QED) is 0.240. The van der Waals surface area contributed by atoms with E-state index in [2.05, 4.69) is 20.1 Å². The Hall–Kier alpha value is -2.77. The van der Waals surface area contributed by atoms with Crippen molar-refractivity contribution in [1.29, 1.82) is 0 Å². The summed E-state index contributed by atoms with van der Waals surface area (Å²) >= 11 is 7.73. The Bertz CT molecular complexity index is 1130. The standard InChI is InChI=1S/C21H23ClF2N6O3S2/c1-2-29(17-11-30(28-20(17)22)15-4-3-6-25-10-15)21(31)16(13-35(32)9-5-18(23)24)27-14-33-12-19-26-7-8-34-19/h3-4,6-8,10-11,14,16,18H,2,5,9,12-13H2,1H3. The zero-order valence-electron chi connectivity index (χ0n) is 18.7. The van der Waals surface area contributed by atoms with Gasteiger partial charge in [-0.05, 0) is 19.1 Å². The lowest BCUT2D eigenvalue weighted by atomic mass is 10.2. The van der Waals surface area contributed by atoms with Crippen molar-refractivity contribution in [3.63, 3.8) is 0 Å². The van der Waals surface area contributed by atoms with E-state index >= 15 is 0 Å². The van der Waals surface area contributed by atoms with E-state index in [0.717, 1.165) is 6.40 Å². The Kier molecular flexibility index (Phi) is 10.2. The number of aromatic nitrogens is 4. The van der Waals surface area contributed by atoms with Crippen LogP contribution in [0.3, 0.4) is 0 Å². The Morgan fingerprint density at radius 2 is 2.26 bits per heavy atom. The number of nitrogens with zero attached hydrogens (tertiary/aromatic N) is 6. The lowest BCUT2D eigenvalue weighted by Crippen LogP contribution is -2.41. The molecule has 0 aromatic carbocycles. The molecule has 3 rings (SSSR count). The number of amides is 1. The molecule has 3 aromatic rings. The molecule has 0 bridgehead atoms. The zero-order valence-corrected chi connectivity index (χ0v) is 21.1. The fourth-order valence-electron chi connectivity index (χ4n) is 2.98. The van der Waals surface area contributed by atoms with Crippen LogP contribution in [0.15, 0.2) is 47.3 Å². The number of ether oxygens (including phenoxy) is 1. The van der Waals surface area contributed by atoms with Gasteiger partial charge in [-0.3, -0.25) is 14.0 Å². The molecule has 0 spiro atoms. The number of carbonyl (C=O) groups is 1. The van der Waals surface area contributed by atoms with Crippen molar-refractivity contribution in [2.45, 2.75) is 32.4 Å². The molecule has 0 fully saturated rings. The summed E-state index contributed by atoms with van der Waals surface area (Å²) in [5, 5.41) is 6.82. The summed E-state index contributed by atoms with van der Waals surface area (Å²) in [6.07, 6.45) is 4.40. The summed E-state index contributed by atoms with van der Waals surface area (Å²) in [5.74, 6) is -1.00. The molecule has 1 amide bonds. The van der Waals surface area contributed by atoms with Crippen LogP contribution in [0.5, 0.6) is 0 Å². The molecule has 0 saturated carbocycles. The average molecular weight is 545 g/mol. The van der Waals surface area contributed by atoms with Gasteiger partial charge in [0, 0.05) is 47.3 Å². The monoisotopic (exact) mass is 544 g/mol. The molecule has 188 valence electrons. The molecular formula is C21H23ClF2N6O3S2. The highest BCUT2D eigenvalue weighted by Crippen LogP contribution is 2.27. The molecule has 9 nitrogen and oxygen atoms in total. The third kappa shape index (κ3) is 7.87. The van der Waals surface area contributed by atoms with Crippen molar-refractivity contribution in [2.24, 2.45) is 4.99 Å². The van der Waals surface area contributed by atoms with E-state index in [-0.39, 0.29) is 29.8 Å². The molecule has 3 heterocycles. The maximum Gasteiger partial charge on any atom is 0.252 e. The SMILES string of the molecule is CCN(C(=O)C(CS(=O)CCC(F)F)N=COCc1nccs1)c1cn(-c2cccnc2)nc1Cl. The number of halogens is 3. The van der Waals surface area contributed by atoms with Gasteiger partial charge in [0.1, 0.15) is 23.3 Å². The van der Waals surface area contributed by atoms with Gasteiger partial charge in [-0.25, -0.2) is 23.4 Å². The van der Waals surface area contributed by atoms with Gasteiger partial charge in [0.15, 0.2) is 11.6 Å². The predicted octanol–water partition coefficient (Wildman–Crippen LogP) is 3.75. The van der Waals surface area contributed by atoms with Crippen LogP contribution >= 0.6 is 22.9 Å². The van der Waals surface area contributed by atoms with Crippen molar-refractivity contribution in [2.75, 3.05) is 23.0 Å². The van der Waals surface area contributed by atoms with Gasteiger partial charge < -0.3 is 9.64 Å². The van der Waals surface area contributed by atoms with Crippen LogP contribution < -0.4 is 4.90 Å². The van der Waals surface area contributed by atoms with E-state index in [1.54, 1.807) is 49.2 Å². The third-order valence-corrected chi connectivity index (χ3v) is 7.03. The zero-order chi connectivity index (χ0) is 25.2. The van der Waals surface area contributed by atoms with Gasteiger partial charge in [-0.15, -0.1) is 11.3 Å². The minimum Gasteiger partial charge on any atom is -0.476 e. The number of aliphatic imine (C=N–C) groups is 1. The molecule has 0 aliphatic heterocycles. The highest BCUT2D eigenvalue weighted by molar-refractivity contribution is 7.85. The van der Waals surface area contributed by atoms with E-state index in [0.29, 0.717) is 16.4 Å². The molecule has 0 aliphatic rings. The molecule has 2 atom stereocenters. The number of anilines is 1. The van der Waals surface area contributed by atoms with Crippen LogP contribution in [0.1, 0.15) is 18.4 Å². The van der Waals surface area contributed by atoms with Crippen LogP contribution in [0.4, 0.5) is 14.5 Å². The summed E-state index contributed by atoms with van der Waals surface area (Å²) in [4.78, 5) is 27.1. The minimum absolute atomic E-state index is 0.0747. The summed E-state index contributed by atoms with van der Waals surface area (Å²) < 4.78 is 44.4. The van der Waals surface area contributed by atoms with Crippen molar-refractivity contribution >= 4 is 51.7 Å². The van der Waals surface area contributed by atoms with Crippen molar-refractivity contribution in [3.8, 4) is 5.69 Å². The Morgan fingerprint density at radius 1 is 1.43 bits per heavy atom. The fourth-order valence-corrected chi connectivity index (χ4v) is 4.94. The average Bonchev–Trinajstić information content (AvgIpc) is 3.51. The van der Waals surface area contributed by atoms with Crippen LogP contribution in [-0.2, 0) is 26.9 Å². The number of alkyl halides is 2. The third-order valence-electron chi connectivity index (χ3n) is 4.63. The van der Waals surface area contributed by atoms with Crippen molar-refractivity contribution in [3.05, 3.63) is 52.5 Å². The Labute approximate surface area is 212 Å². The smallest absolute Gasteiger partial charge is 0.252 e. The highest BCUT2D eigenvalue weighted by atomic mass is 35.5. The molecule has 0 N–H and O–H groups in total. The second-order valence-electron chi connectivity index (χ2n) is 7.04. The van der Waals surface area contributed by atoms with E-state index < -0.39 is 35.6 Å². The van der Waals surface area contributed by atoms with Gasteiger partial charge in [0.05, 0.1) is 23.8 Å². The van der Waals surface area contributed by atoms with Crippen LogP contribution in [0.25, 0.3) is 5.69 Å². The first-order chi connectivity index (χ1) is 16.9. The first kappa shape index (κ1) is 26.8. The van der Waals surface area contributed by atoms with Gasteiger partial charge in [0.25, 0.3) is 5.91 Å². The normalized spacial score (nSPS) is 13.3. The number of hydrogen-bond acceptors (Lipinski definition) is 8. The molecule has 0 saturated heterocycles. The van der Waals surface area contributed by atoms with E-state index in [4.69, 9.17) is 16.3 Å². The number of hydrogen-bond donors (Lipinski definition) is 0. The molecule has 0 aliphatic carbocycles. The van der Waals surface area contributed by atoms with E-state index in [1.165, 1.54) is 20.9 Å². The minimum atomic E-state index is -2.58. The van der Waals surface area contributed by atoms with Gasteiger partial charge in [-0.1, -0.05) is 11.6 Å². The topological polar surface area (TPSA) is 103 Å². The number of rotatable bonds is 13. The Balaban J connectivity index is 1.79. The van der Waals surface area contributed by atoms with E-state index in [9.17, 15) is 17.8 Å². The summed E-state index contributed by atoms with van der Waals surface area (Å²) in [5.41, 5.74) is 0.965. The lowest BCUT2D eigenvalue weighted by Gasteiger charge is -2.23. The summed E-state index contributed by atoms with van der Waals surface area (Å²) in [6.45, 7) is 2.10. The first-order valence-electron chi connectivity index (χ1n) is 10.5. The summed E-state index contributed by atoms with van der Waals surface area (Å²) in [6, 6.07) is 2.37. The molecule has 14 heteroatoms. The largest absolute Gasteiger partial charge is 0.476 e. The van der Waals surface area contributed by atoms with E-state index in [1.807, 2.05) is 0 Å². The maximum atomic E-state index is 13.4. The van der Waals surface area contributed by atoms with Crippen LogP contribution in [-0.4, -0.2) is 66.8 Å². The molecule has 2 unspecified atom stereocenters. The number of carbonyl (C=O) groups excluding carboxylic acids is 1. The van der Waals surface area contributed by atoms with Crippen molar-refractivity contribution in [1.82, 2.24) is 19.7 Å². The van der Waals surface area contributed by atoms with Crippen molar-refractivity contribution < 1.29 is 22.5 Å². The van der Waals surface area contributed by atoms with Gasteiger partial charge in [0.2, 0.25) is 6.43 Å². The molecule has 3 aromatic heterocycles. The maximum absolute atomic E-state index is 13.4. The molecular weight excluding hydrogens is 522 g/mol. The van der Waals surface area contributed by atoms with Crippen LogP contribution in [0.2, 0.25) is 5.15 Å². The Morgan fingerprint density at radius 3 is 2.91 bits per heavy atom. The molecule has 35 heavy (non-hydrogen) atoms. The second kappa shape index (κ2) is 13.4. The number of likely N-dealkylation sites (N-methyl/N-ethyl adjacent to an activating group) is 1. The molecule has 0 radical (unpaired) electrons. The second-order valence-corrected chi connectivity index (χ2v) is 10.00. The highest BCUT2D eigenvalue weighted by Gasteiger charge is 2.29. The van der Waals surface area contributed by atoms with Gasteiger partial charge in [-0.2, -0.15) is 5.10 Å².